The highest BCUT2D eigenvalue weighted by Gasteiger charge is 2.31. The van der Waals surface area contributed by atoms with E-state index in [1.54, 1.807) is 24.3 Å². The van der Waals surface area contributed by atoms with Gasteiger partial charge in [-0.1, -0.05) is 29.5 Å². The molecule has 0 heterocycles. The lowest BCUT2D eigenvalue weighted by Gasteiger charge is -2.05. The molecule has 2 rings (SSSR count). The third kappa shape index (κ3) is 3.61. The molecule has 0 aliphatic heterocycles. The Bertz CT molecular complexity index is 771. The molecule has 0 aliphatic rings. The van der Waals surface area contributed by atoms with Crippen LogP contribution in [-0.4, -0.2) is 14.8 Å². The molecule has 118 valence electrons. The van der Waals surface area contributed by atoms with Gasteiger partial charge >= 0.3 is 0 Å². The van der Waals surface area contributed by atoms with E-state index in [0.29, 0.717) is 4.90 Å². The van der Waals surface area contributed by atoms with Crippen LogP contribution in [0.4, 0.5) is 17.1 Å². The quantitative estimate of drug-likeness (QED) is 0.598. The third-order valence-electron chi connectivity index (χ3n) is 2.88. The molecule has 2 aromatic carbocycles. The van der Waals surface area contributed by atoms with Gasteiger partial charge in [0.15, 0.2) is 4.90 Å². The molecule has 0 bridgehead atoms. The Morgan fingerprint density at radius 2 is 1.30 bits per heavy atom. The molecule has 9 nitrogen and oxygen atoms in total. The van der Waals surface area contributed by atoms with Crippen LogP contribution in [0, 0.1) is 37.3 Å². The highest BCUT2D eigenvalue weighted by molar-refractivity contribution is 7.99. The summed E-state index contributed by atoms with van der Waals surface area (Å²) in [5.41, 5.74) is -1.08. The number of nitrogens with zero attached hydrogens (tertiary/aromatic N) is 3. The molecule has 0 aromatic heterocycles. The van der Waals surface area contributed by atoms with E-state index in [2.05, 4.69) is 0 Å². The van der Waals surface area contributed by atoms with Gasteiger partial charge in [-0.25, -0.2) is 0 Å². The van der Waals surface area contributed by atoms with E-state index < -0.39 is 31.8 Å². The molecule has 0 amide bonds. The van der Waals surface area contributed by atoms with Gasteiger partial charge in [-0.3, -0.25) is 30.3 Å². The Labute approximate surface area is 133 Å². The maximum Gasteiger partial charge on any atom is 0.297 e. The predicted octanol–water partition coefficient (Wildman–Crippen LogP) is 3.87. The Hall–Kier alpha value is -3.01. The van der Waals surface area contributed by atoms with Crippen molar-refractivity contribution < 1.29 is 14.8 Å². The van der Waals surface area contributed by atoms with Crippen molar-refractivity contribution in [3.8, 4) is 0 Å². The summed E-state index contributed by atoms with van der Waals surface area (Å²) in [5, 5.41) is 33.1. The van der Waals surface area contributed by atoms with Crippen molar-refractivity contribution in [2.75, 3.05) is 0 Å². The number of nitro benzene ring substituents is 3. The van der Waals surface area contributed by atoms with Crippen LogP contribution in [0.3, 0.4) is 0 Å². The number of nitro groups is 3. The van der Waals surface area contributed by atoms with Crippen molar-refractivity contribution >= 4 is 28.8 Å². The third-order valence-corrected chi connectivity index (χ3v) is 4.01. The van der Waals surface area contributed by atoms with E-state index in [-0.39, 0.29) is 4.90 Å². The molecule has 23 heavy (non-hydrogen) atoms. The van der Waals surface area contributed by atoms with Crippen molar-refractivity contribution in [1.82, 2.24) is 0 Å². The summed E-state index contributed by atoms with van der Waals surface area (Å²) in [7, 11) is 0. The van der Waals surface area contributed by atoms with E-state index in [4.69, 9.17) is 0 Å². The lowest BCUT2D eigenvalue weighted by Crippen LogP contribution is -1.99. The minimum atomic E-state index is -0.902. The first kappa shape index (κ1) is 16.4. The molecule has 0 atom stereocenters. The molecule has 0 fully saturated rings. The van der Waals surface area contributed by atoms with E-state index in [0.717, 1.165) is 29.5 Å². The molecule has 0 N–H and O–H groups in total. The summed E-state index contributed by atoms with van der Waals surface area (Å²) in [4.78, 5) is 30.8. The van der Waals surface area contributed by atoms with Gasteiger partial charge < -0.3 is 0 Å². The second-order valence-corrected chi connectivity index (χ2v) is 5.58. The second kappa shape index (κ2) is 6.40. The summed E-state index contributed by atoms with van der Waals surface area (Å²) in [5.74, 6) is 0. The molecular weight excluding hydrogens is 326 g/mol. The highest BCUT2D eigenvalue weighted by Crippen LogP contribution is 2.43. The van der Waals surface area contributed by atoms with Crippen molar-refractivity contribution in [3.05, 3.63) is 72.3 Å². The number of benzene rings is 2. The Morgan fingerprint density at radius 1 is 0.826 bits per heavy atom. The lowest BCUT2D eigenvalue weighted by atomic mass is 10.2. The number of non-ortho nitro benzene ring substituents is 1. The predicted molar refractivity (Wildman–Crippen MR) is 81.7 cm³/mol. The van der Waals surface area contributed by atoms with Gasteiger partial charge in [-0.15, -0.1) is 0 Å². The first-order chi connectivity index (χ1) is 10.8. The largest absolute Gasteiger partial charge is 0.297 e. The summed E-state index contributed by atoms with van der Waals surface area (Å²) in [6, 6.07) is 8.29. The summed E-state index contributed by atoms with van der Waals surface area (Å²) in [6.45, 7) is 1.85. The van der Waals surface area contributed by atoms with Gasteiger partial charge in [0.05, 0.1) is 26.9 Å². The molecule has 0 radical (unpaired) electrons. The fourth-order valence-corrected chi connectivity index (χ4v) is 2.77. The minimum absolute atomic E-state index is 0.241. The Morgan fingerprint density at radius 3 is 1.70 bits per heavy atom. The smallest absolute Gasteiger partial charge is 0.258 e. The maximum absolute atomic E-state index is 11.2. The average Bonchev–Trinajstić information content (AvgIpc) is 2.48. The van der Waals surface area contributed by atoms with Gasteiger partial charge in [-0.05, 0) is 19.1 Å². The van der Waals surface area contributed by atoms with E-state index >= 15 is 0 Å². The van der Waals surface area contributed by atoms with Crippen LogP contribution in [0.15, 0.2) is 46.2 Å². The fraction of sp³-hybridized carbons (Fsp3) is 0.0769. The maximum atomic E-state index is 11.2. The van der Waals surface area contributed by atoms with Crippen LogP contribution in [0.1, 0.15) is 5.56 Å². The van der Waals surface area contributed by atoms with Gasteiger partial charge in [0.1, 0.15) is 0 Å². The van der Waals surface area contributed by atoms with Crippen LogP contribution in [0.5, 0.6) is 0 Å². The monoisotopic (exact) mass is 335 g/mol. The zero-order valence-corrected chi connectivity index (χ0v) is 12.5. The van der Waals surface area contributed by atoms with Gasteiger partial charge in [0.2, 0.25) is 0 Å². The fourth-order valence-electron chi connectivity index (χ4n) is 1.79. The minimum Gasteiger partial charge on any atom is -0.258 e. The SMILES string of the molecule is Cc1ccc(Sc2c([N+](=O)[O-])cc([N+](=O)[O-])cc2[N+](=O)[O-])cc1. The first-order valence-corrected chi connectivity index (χ1v) is 6.97. The van der Waals surface area contributed by atoms with Gasteiger partial charge in [0.25, 0.3) is 17.1 Å². The summed E-state index contributed by atoms with van der Waals surface area (Å²) < 4.78 is 0. The Kier molecular flexibility index (Phi) is 4.55. The van der Waals surface area contributed by atoms with Crippen LogP contribution in [0.2, 0.25) is 0 Å². The zero-order valence-electron chi connectivity index (χ0n) is 11.7. The Balaban J connectivity index is 2.63. The van der Waals surface area contributed by atoms with Crippen LogP contribution in [0.25, 0.3) is 0 Å². The van der Waals surface area contributed by atoms with E-state index in [1.807, 2.05) is 6.92 Å². The second-order valence-electron chi connectivity index (χ2n) is 4.50. The normalized spacial score (nSPS) is 10.3. The van der Waals surface area contributed by atoms with Crippen LogP contribution < -0.4 is 0 Å². The summed E-state index contributed by atoms with van der Waals surface area (Å²) >= 11 is 0.821. The van der Waals surface area contributed by atoms with E-state index in [9.17, 15) is 30.3 Å². The number of rotatable bonds is 5. The summed E-state index contributed by atoms with van der Waals surface area (Å²) in [6.07, 6.45) is 0. The molecule has 2 aromatic rings. The van der Waals surface area contributed by atoms with Crippen LogP contribution >= 0.6 is 11.8 Å². The van der Waals surface area contributed by atoms with Crippen LogP contribution in [-0.2, 0) is 0 Å². The van der Waals surface area contributed by atoms with E-state index in [1.165, 1.54) is 0 Å². The number of aryl methyl sites for hydroxylation is 1. The lowest BCUT2D eigenvalue weighted by molar-refractivity contribution is -0.407. The topological polar surface area (TPSA) is 129 Å². The molecular formula is C13H9N3O6S. The van der Waals surface area contributed by atoms with Crippen molar-refractivity contribution in [2.24, 2.45) is 0 Å². The number of hydrogen-bond acceptors (Lipinski definition) is 7. The molecule has 0 aliphatic carbocycles. The standard InChI is InChI=1S/C13H9N3O6S/c1-8-2-4-10(5-3-8)23-13-11(15(19)20)6-9(14(17)18)7-12(13)16(21)22/h2-7H,1H3. The number of hydrogen-bond donors (Lipinski definition) is 0. The molecule has 0 saturated carbocycles. The van der Waals surface area contributed by atoms with Gasteiger partial charge in [0, 0.05) is 4.90 Å². The van der Waals surface area contributed by atoms with Crippen molar-refractivity contribution in [1.29, 1.82) is 0 Å². The van der Waals surface area contributed by atoms with Crippen molar-refractivity contribution in [3.63, 3.8) is 0 Å². The molecule has 10 heteroatoms. The first-order valence-electron chi connectivity index (χ1n) is 6.15. The molecule has 0 saturated heterocycles. The zero-order chi connectivity index (χ0) is 17.1. The average molecular weight is 335 g/mol. The molecule has 0 spiro atoms. The highest BCUT2D eigenvalue weighted by atomic mass is 32.2. The molecule has 0 unspecified atom stereocenters. The van der Waals surface area contributed by atoms with Crippen molar-refractivity contribution in [2.45, 2.75) is 16.7 Å². The van der Waals surface area contributed by atoms with Gasteiger partial charge in [-0.2, -0.15) is 0 Å².